The molecule has 1 aromatic carbocycles. The van der Waals surface area contributed by atoms with Crippen molar-refractivity contribution < 1.29 is 0 Å². The van der Waals surface area contributed by atoms with Crippen LogP contribution in [0.3, 0.4) is 0 Å². The zero-order valence-electron chi connectivity index (χ0n) is 12.4. The van der Waals surface area contributed by atoms with Crippen LogP contribution in [0.4, 0.5) is 0 Å². The Labute approximate surface area is 127 Å². The lowest BCUT2D eigenvalue weighted by atomic mass is 10.1. The summed E-state index contributed by atoms with van der Waals surface area (Å²) in [6.07, 6.45) is 1.81. The van der Waals surface area contributed by atoms with E-state index in [0.717, 1.165) is 18.7 Å². The first-order valence-electron chi connectivity index (χ1n) is 6.78. The van der Waals surface area contributed by atoms with Gasteiger partial charge in [0.15, 0.2) is 0 Å². The van der Waals surface area contributed by atoms with Crippen molar-refractivity contribution in [3.8, 4) is 0 Å². The molecule has 0 aliphatic heterocycles. The predicted octanol–water partition coefficient (Wildman–Crippen LogP) is 4.30. The number of allylic oxidation sites excluding steroid dienone is 1. The Morgan fingerprint density at radius 1 is 1.35 bits per heavy atom. The molecule has 0 unspecified atom stereocenters. The van der Waals surface area contributed by atoms with Crippen LogP contribution in [0.1, 0.15) is 25.6 Å². The zero-order valence-corrected chi connectivity index (χ0v) is 13.2. The molecular formula is C17H24N2S. The molecule has 0 aliphatic carbocycles. The van der Waals surface area contributed by atoms with Gasteiger partial charge in [0, 0.05) is 6.54 Å². The first-order valence-corrected chi connectivity index (χ1v) is 7.66. The van der Waals surface area contributed by atoms with Crippen molar-refractivity contribution in [3.63, 3.8) is 0 Å². The third kappa shape index (κ3) is 4.67. The Hall–Kier alpha value is -1.29. The van der Waals surface area contributed by atoms with Gasteiger partial charge in [-0.3, -0.25) is 4.90 Å². The molecule has 0 saturated carbocycles. The second-order valence-electron chi connectivity index (χ2n) is 4.49. The van der Waals surface area contributed by atoms with E-state index in [2.05, 4.69) is 44.0 Å². The Morgan fingerprint density at radius 2 is 2.00 bits per heavy atom. The number of hydrogen-bond donors (Lipinski definition) is 1. The molecule has 0 saturated heterocycles. The Bertz CT molecular complexity index is 465. The average Bonchev–Trinajstić information content (AvgIpc) is 2.49. The monoisotopic (exact) mass is 288 g/mol. The number of nitrogens with two attached hydrogens (primary N) is 1. The maximum Gasteiger partial charge on any atom is 0.0838 e. The van der Waals surface area contributed by atoms with Crippen molar-refractivity contribution in [2.24, 2.45) is 5.73 Å². The molecule has 0 bridgehead atoms. The van der Waals surface area contributed by atoms with Crippen molar-refractivity contribution >= 4 is 11.8 Å². The normalized spacial score (nSPS) is 13.8. The zero-order chi connectivity index (χ0) is 15.0. The van der Waals surface area contributed by atoms with E-state index in [1.165, 1.54) is 10.5 Å². The van der Waals surface area contributed by atoms with E-state index in [4.69, 9.17) is 5.73 Å². The van der Waals surface area contributed by atoms with E-state index < -0.39 is 0 Å². The summed E-state index contributed by atoms with van der Waals surface area (Å²) in [4.78, 5) is 3.45. The molecule has 0 aliphatic rings. The summed E-state index contributed by atoms with van der Waals surface area (Å²) in [7, 11) is 0. The van der Waals surface area contributed by atoms with Gasteiger partial charge in [-0.05, 0) is 34.9 Å². The Balaban J connectivity index is 2.88. The highest BCUT2D eigenvalue weighted by Crippen LogP contribution is 2.23. The van der Waals surface area contributed by atoms with Crippen molar-refractivity contribution in [3.05, 3.63) is 71.0 Å². The van der Waals surface area contributed by atoms with Gasteiger partial charge in [0.05, 0.1) is 6.17 Å². The molecule has 2 nitrogen and oxygen atoms in total. The Kier molecular flexibility index (Phi) is 7.37. The minimum Gasteiger partial charge on any atom is -0.312 e. The highest BCUT2D eigenvalue weighted by atomic mass is 32.2. The summed E-state index contributed by atoms with van der Waals surface area (Å²) in [6, 6.07) is 10.2. The van der Waals surface area contributed by atoms with Crippen molar-refractivity contribution in [1.29, 1.82) is 0 Å². The lowest BCUT2D eigenvalue weighted by Crippen LogP contribution is -2.35. The maximum absolute atomic E-state index is 6.37. The Morgan fingerprint density at radius 3 is 2.50 bits per heavy atom. The lowest BCUT2D eigenvalue weighted by Gasteiger charge is -2.28. The molecule has 20 heavy (non-hydrogen) atoms. The van der Waals surface area contributed by atoms with Crippen molar-refractivity contribution in [2.75, 3.05) is 13.1 Å². The minimum atomic E-state index is -0.0994. The van der Waals surface area contributed by atoms with Gasteiger partial charge in [0.1, 0.15) is 0 Å². The van der Waals surface area contributed by atoms with Crippen LogP contribution in [0.2, 0.25) is 0 Å². The molecule has 1 atom stereocenters. The van der Waals surface area contributed by atoms with Gasteiger partial charge < -0.3 is 5.73 Å². The van der Waals surface area contributed by atoms with Gasteiger partial charge in [-0.1, -0.05) is 56.5 Å². The van der Waals surface area contributed by atoms with E-state index in [9.17, 15) is 0 Å². The first-order chi connectivity index (χ1) is 9.63. The number of hydrogen-bond acceptors (Lipinski definition) is 3. The third-order valence-corrected chi connectivity index (χ3v) is 4.06. The number of likely N-dealkylation sites (N-methyl/N-ethyl adjacent to an activating group) is 1. The van der Waals surface area contributed by atoms with Crippen LogP contribution in [-0.2, 0) is 0 Å². The van der Waals surface area contributed by atoms with Gasteiger partial charge >= 0.3 is 0 Å². The summed E-state index contributed by atoms with van der Waals surface area (Å²) in [5, 5.41) is 1.84. The van der Waals surface area contributed by atoms with Crippen LogP contribution in [0, 0.1) is 0 Å². The van der Waals surface area contributed by atoms with Crippen LogP contribution in [0.25, 0.3) is 0 Å². The molecule has 2 N–H and O–H groups in total. The van der Waals surface area contributed by atoms with E-state index in [1.807, 2.05) is 29.7 Å². The van der Waals surface area contributed by atoms with Gasteiger partial charge in [0.2, 0.25) is 0 Å². The van der Waals surface area contributed by atoms with Crippen molar-refractivity contribution in [2.45, 2.75) is 20.0 Å². The molecule has 0 spiro atoms. The largest absolute Gasteiger partial charge is 0.312 e. The first kappa shape index (κ1) is 16.8. The lowest BCUT2D eigenvalue weighted by molar-refractivity contribution is 0.232. The third-order valence-electron chi connectivity index (χ3n) is 3.27. The van der Waals surface area contributed by atoms with Crippen LogP contribution in [0.5, 0.6) is 0 Å². The van der Waals surface area contributed by atoms with Gasteiger partial charge in [0.25, 0.3) is 0 Å². The summed E-state index contributed by atoms with van der Waals surface area (Å²) >= 11 is 1.63. The van der Waals surface area contributed by atoms with E-state index in [0.29, 0.717) is 0 Å². The second-order valence-corrected chi connectivity index (χ2v) is 5.67. The second kappa shape index (κ2) is 8.80. The van der Waals surface area contributed by atoms with Crippen LogP contribution >= 0.6 is 11.8 Å². The summed E-state index contributed by atoms with van der Waals surface area (Å²) in [5.41, 5.74) is 8.70. The molecular weight excluding hydrogens is 264 g/mol. The molecule has 1 aromatic rings. The fraction of sp³-hybridized carbons (Fsp3) is 0.294. The molecule has 1 rings (SSSR count). The molecule has 0 aromatic heterocycles. The van der Waals surface area contributed by atoms with Crippen LogP contribution in [-0.4, -0.2) is 18.0 Å². The minimum absolute atomic E-state index is 0.0994. The predicted molar refractivity (Wildman–Crippen MR) is 91.3 cm³/mol. The van der Waals surface area contributed by atoms with Crippen LogP contribution < -0.4 is 5.73 Å². The SMILES string of the molecule is C=CS/C(C)=C(\C=C)CN(CC)[C@@H](N)c1ccccc1. The van der Waals surface area contributed by atoms with Gasteiger partial charge in [-0.2, -0.15) is 0 Å². The fourth-order valence-electron chi connectivity index (χ4n) is 2.01. The molecule has 0 amide bonds. The maximum atomic E-state index is 6.37. The number of nitrogens with zero attached hydrogens (tertiary/aromatic N) is 1. The number of thioether (sulfide) groups is 1. The van der Waals surface area contributed by atoms with Gasteiger partial charge in [-0.25, -0.2) is 0 Å². The van der Waals surface area contributed by atoms with Crippen molar-refractivity contribution in [1.82, 2.24) is 4.90 Å². The quantitative estimate of drug-likeness (QED) is 0.571. The molecule has 0 fully saturated rings. The van der Waals surface area contributed by atoms with E-state index >= 15 is 0 Å². The molecule has 3 heteroatoms. The molecule has 0 heterocycles. The smallest absolute Gasteiger partial charge is 0.0838 e. The van der Waals surface area contributed by atoms with Gasteiger partial charge in [-0.15, -0.1) is 11.8 Å². The summed E-state index contributed by atoms with van der Waals surface area (Å²) in [5.74, 6) is 0. The fourth-order valence-corrected chi connectivity index (χ4v) is 2.56. The topological polar surface area (TPSA) is 29.3 Å². The standard InChI is InChI=1S/C17H24N2S/c1-5-15(14(4)20-7-3)13-19(6-2)17(18)16-11-9-8-10-12-16/h5,7-12,17H,1,3,6,13,18H2,2,4H3/b15-14+/t17-/m1/s1. The molecule has 0 radical (unpaired) electrons. The highest BCUT2D eigenvalue weighted by molar-refractivity contribution is 8.05. The highest BCUT2D eigenvalue weighted by Gasteiger charge is 2.15. The number of rotatable bonds is 8. The summed E-state index contributed by atoms with van der Waals surface area (Å²) < 4.78 is 0. The number of benzene rings is 1. The van der Waals surface area contributed by atoms with E-state index in [-0.39, 0.29) is 6.17 Å². The molecule has 108 valence electrons. The van der Waals surface area contributed by atoms with E-state index in [1.54, 1.807) is 11.8 Å². The summed E-state index contributed by atoms with van der Waals surface area (Å²) in [6.45, 7) is 13.6. The van der Waals surface area contributed by atoms with Crippen LogP contribution in [0.15, 0.2) is 65.5 Å². The average molecular weight is 288 g/mol.